The molecule has 0 unspecified atom stereocenters. The molecule has 1 spiro atoms. The molecule has 4 nitrogen and oxygen atoms in total. The molecule has 0 saturated carbocycles. The molecule has 2 aromatic rings. The Morgan fingerprint density at radius 1 is 1.15 bits per heavy atom. The van der Waals surface area contributed by atoms with Crippen molar-refractivity contribution in [3.63, 3.8) is 0 Å². The maximum Gasteiger partial charge on any atom is 0.255 e. The number of aryl methyl sites for hydroxylation is 2. The van der Waals surface area contributed by atoms with Crippen molar-refractivity contribution in [2.24, 2.45) is 0 Å². The van der Waals surface area contributed by atoms with Crippen LogP contribution in [0.3, 0.4) is 0 Å². The number of hydrogen-bond donors (Lipinski definition) is 0. The number of hydrogen-bond acceptors (Lipinski definition) is 3. The van der Waals surface area contributed by atoms with E-state index in [9.17, 15) is 4.79 Å². The van der Waals surface area contributed by atoms with Gasteiger partial charge in [-0.05, 0) is 63.3 Å². The molecule has 27 heavy (non-hydrogen) atoms. The number of amides is 1. The number of piperidine rings is 1. The highest BCUT2D eigenvalue weighted by molar-refractivity contribution is 5.95. The number of aromatic nitrogens is 1. The molecule has 2 aliphatic rings. The molecule has 1 aromatic heterocycles. The summed E-state index contributed by atoms with van der Waals surface area (Å²) in [5, 5.41) is 0. The number of nitrogens with zero attached hydrogens (tertiary/aromatic N) is 3. The summed E-state index contributed by atoms with van der Waals surface area (Å²) in [5.41, 5.74) is 4.41. The summed E-state index contributed by atoms with van der Waals surface area (Å²) in [4.78, 5) is 21.9. The Bertz CT molecular complexity index is 825. The summed E-state index contributed by atoms with van der Waals surface area (Å²) in [6.45, 7) is 6.74. The van der Waals surface area contributed by atoms with E-state index in [2.05, 4.69) is 47.3 Å². The first kappa shape index (κ1) is 18.2. The van der Waals surface area contributed by atoms with Gasteiger partial charge in [0.2, 0.25) is 0 Å². The van der Waals surface area contributed by atoms with Crippen LogP contribution < -0.4 is 0 Å². The van der Waals surface area contributed by atoms with E-state index in [1.54, 1.807) is 6.20 Å². The van der Waals surface area contributed by atoms with E-state index in [0.717, 1.165) is 49.3 Å². The van der Waals surface area contributed by atoms with Gasteiger partial charge in [0, 0.05) is 37.1 Å². The molecule has 2 fully saturated rings. The fourth-order valence-electron chi connectivity index (χ4n) is 4.95. The quantitative estimate of drug-likeness (QED) is 0.814. The number of likely N-dealkylation sites (tertiary alicyclic amines) is 2. The van der Waals surface area contributed by atoms with Gasteiger partial charge in [0.05, 0.1) is 5.56 Å². The number of pyridine rings is 1. The van der Waals surface area contributed by atoms with Crippen molar-refractivity contribution in [2.75, 3.05) is 26.7 Å². The normalized spacial score (nSPS) is 22.3. The van der Waals surface area contributed by atoms with Crippen molar-refractivity contribution in [3.05, 3.63) is 65.0 Å². The molecule has 2 aliphatic heterocycles. The van der Waals surface area contributed by atoms with Crippen LogP contribution in [0.1, 0.15) is 52.4 Å². The smallest absolute Gasteiger partial charge is 0.255 e. The van der Waals surface area contributed by atoms with E-state index in [1.807, 2.05) is 24.8 Å². The number of carbonyl (C=O) groups excluding carboxylic acids is 1. The largest absolute Gasteiger partial charge is 0.338 e. The highest BCUT2D eigenvalue weighted by Crippen LogP contribution is 2.44. The van der Waals surface area contributed by atoms with Crippen LogP contribution >= 0.6 is 0 Å². The van der Waals surface area contributed by atoms with Crippen molar-refractivity contribution >= 4 is 5.91 Å². The van der Waals surface area contributed by atoms with Gasteiger partial charge in [-0.1, -0.05) is 30.3 Å². The minimum Gasteiger partial charge on any atom is -0.338 e. The van der Waals surface area contributed by atoms with Gasteiger partial charge >= 0.3 is 0 Å². The van der Waals surface area contributed by atoms with Crippen molar-refractivity contribution in [1.82, 2.24) is 14.8 Å². The Hall–Kier alpha value is -2.20. The third-order valence-electron chi connectivity index (χ3n) is 6.66. The highest BCUT2D eigenvalue weighted by Gasteiger charge is 2.46. The zero-order chi connectivity index (χ0) is 19.0. The van der Waals surface area contributed by atoms with Gasteiger partial charge in [-0.15, -0.1) is 0 Å². The van der Waals surface area contributed by atoms with Crippen LogP contribution in [-0.4, -0.2) is 52.9 Å². The molecule has 1 aromatic carbocycles. The minimum absolute atomic E-state index is 0.134. The lowest BCUT2D eigenvalue weighted by molar-refractivity contribution is 0.0491. The average molecular weight is 364 g/mol. The molecule has 4 heteroatoms. The number of likely N-dealkylation sites (N-methyl/N-ethyl adjacent to an activating group) is 1. The Morgan fingerprint density at radius 3 is 2.52 bits per heavy atom. The third-order valence-corrected chi connectivity index (χ3v) is 6.66. The molecular formula is C23H29N3O. The molecule has 0 radical (unpaired) electrons. The Labute approximate surface area is 162 Å². The zero-order valence-electron chi connectivity index (χ0n) is 16.6. The fraction of sp³-hybridized carbons (Fsp3) is 0.478. The van der Waals surface area contributed by atoms with Crippen LogP contribution in [0.25, 0.3) is 0 Å². The Morgan fingerprint density at radius 2 is 1.85 bits per heavy atom. The van der Waals surface area contributed by atoms with Gasteiger partial charge in [-0.25, -0.2) is 0 Å². The lowest BCUT2D eigenvalue weighted by Gasteiger charge is -2.43. The molecule has 1 atom stereocenters. The first-order valence-electron chi connectivity index (χ1n) is 9.97. The van der Waals surface area contributed by atoms with E-state index in [4.69, 9.17) is 0 Å². The summed E-state index contributed by atoms with van der Waals surface area (Å²) >= 11 is 0. The zero-order valence-corrected chi connectivity index (χ0v) is 16.6. The molecule has 142 valence electrons. The standard InChI is InChI=1S/C23H29N3O/c1-17-13-18(2)24-15-21(17)22(27)26-11-9-23(10-12-26)14-20(16-25(23)3)19-7-5-4-6-8-19/h4-8,13,15,20H,9-12,14,16H2,1-3H3/t20-/m1/s1. The van der Waals surface area contributed by atoms with Crippen molar-refractivity contribution in [2.45, 2.75) is 44.6 Å². The van der Waals surface area contributed by atoms with Gasteiger partial charge in [0.25, 0.3) is 5.91 Å². The Kier molecular flexibility index (Phi) is 4.77. The lowest BCUT2D eigenvalue weighted by Crippen LogP contribution is -2.52. The number of rotatable bonds is 2. The van der Waals surface area contributed by atoms with Gasteiger partial charge < -0.3 is 4.90 Å². The summed E-state index contributed by atoms with van der Waals surface area (Å²) in [6.07, 6.45) is 5.04. The Balaban J connectivity index is 1.44. The molecular weight excluding hydrogens is 334 g/mol. The predicted molar refractivity (Wildman–Crippen MR) is 108 cm³/mol. The van der Waals surface area contributed by atoms with Crippen molar-refractivity contribution in [3.8, 4) is 0 Å². The average Bonchev–Trinajstić information content (AvgIpc) is 2.99. The summed E-state index contributed by atoms with van der Waals surface area (Å²) in [6, 6.07) is 12.9. The molecule has 0 bridgehead atoms. The first-order valence-corrected chi connectivity index (χ1v) is 9.97. The lowest BCUT2D eigenvalue weighted by atomic mass is 9.81. The number of benzene rings is 1. The fourth-order valence-corrected chi connectivity index (χ4v) is 4.95. The van der Waals surface area contributed by atoms with Crippen LogP contribution in [0.4, 0.5) is 0 Å². The molecule has 3 heterocycles. The molecule has 0 aliphatic carbocycles. The van der Waals surface area contributed by atoms with E-state index in [-0.39, 0.29) is 11.4 Å². The molecule has 1 amide bonds. The second-order valence-electron chi connectivity index (χ2n) is 8.35. The number of carbonyl (C=O) groups is 1. The van der Waals surface area contributed by atoms with Crippen molar-refractivity contribution in [1.29, 1.82) is 0 Å². The van der Waals surface area contributed by atoms with E-state index in [1.165, 1.54) is 12.0 Å². The van der Waals surface area contributed by atoms with Crippen LogP contribution in [0.15, 0.2) is 42.6 Å². The molecule has 4 rings (SSSR count). The van der Waals surface area contributed by atoms with E-state index in [0.29, 0.717) is 5.92 Å². The first-order chi connectivity index (χ1) is 13.0. The molecule has 0 N–H and O–H groups in total. The SMILES string of the molecule is Cc1cc(C)c(C(=O)N2CCC3(CC2)C[C@@H](c2ccccc2)CN3C)cn1. The summed E-state index contributed by atoms with van der Waals surface area (Å²) in [7, 11) is 2.26. The van der Waals surface area contributed by atoms with Gasteiger partial charge in [0.1, 0.15) is 0 Å². The predicted octanol–water partition coefficient (Wildman–Crippen LogP) is 3.79. The van der Waals surface area contributed by atoms with Gasteiger partial charge in [0.15, 0.2) is 0 Å². The minimum atomic E-state index is 0.134. The maximum absolute atomic E-state index is 13.0. The summed E-state index contributed by atoms with van der Waals surface area (Å²) in [5.74, 6) is 0.733. The second kappa shape index (κ2) is 7.08. The van der Waals surface area contributed by atoms with Gasteiger partial charge in [-0.3, -0.25) is 14.7 Å². The second-order valence-corrected chi connectivity index (χ2v) is 8.35. The third kappa shape index (κ3) is 3.39. The maximum atomic E-state index is 13.0. The molecule has 2 saturated heterocycles. The monoisotopic (exact) mass is 363 g/mol. The van der Waals surface area contributed by atoms with E-state index < -0.39 is 0 Å². The van der Waals surface area contributed by atoms with E-state index >= 15 is 0 Å². The van der Waals surface area contributed by atoms with Crippen molar-refractivity contribution < 1.29 is 4.79 Å². The van der Waals surface area contributed by atoms with Gasteiger partial charge in [-0.2, -0.15) is 0 Å². The summed E-state index contributed by atoms with van der Waals surface area (Å²) < 4.78 is 0. The topological polar surface area (TPSA) is 36.4 Å². The highest BCUT2D eigenvalue weighted by atomic mass is 16.2. The van der Waals surface area contributed by atoms with Crippen LogP contribution in [0, 0.1) is 13.8 Å². The van der Waals surface area contributed by atoms with Crippen LogP contribution in [-0.2, 0) is 0 Å². The van der Waals surface area contributed by atoms with Crippen LogP contribution in [0.5, 0.6) is 0 Å². The van der Waals surface area contributed by atoms with Crippen LogP contribution in [0.2, 0.25) is 0 Å².